The van der Waals surface area contributed by atoms with Crippen LogP contribution in [0.2, 0.25) is 5.02 Å². The topological polar surface area (TPSA) is 99.4 Å². The second-order valence-corrected chi connectivity index (χ2v) is 5.94. The lowest BCUT2D eigenvalue weighted by Crippen LogP contribution is -2.44. The van der Waals surface area contributed by atoms with Gasteiger partial charge in [0.1, 0.15) is 6.04 Å². The van der Waals surface area contributed by atoms with E-state index in [1.165, 1.54) is 7.11 Å². The fraction of sp³-hybridized carbons (Fsp3) is 0.438. The van der Waals surface area contributed by atoms with E-state index in [4.69, 9.17) is 21.4 Å². The van der Waals surface area contributed by atoms with Gasteiger partial charge in [-0.1, -0.05) is 35.0 Å². The number of rotatable bonds is 6. The molecule has 0 saturated carbocycles. The Labute approximate surface area is 144 Å². The number of hydrogen-bond acceptors (Lipinski definition) is 6. The molecule has 0 aromatic heterocycles. The van der Waals surface area contributed by atoms with Gasteiger partial charge >= 0.3 is 5.97 Å². The maximum atomic E-state index is 11.0. The van der Waals surface area contributed by atoms with Gasteiger partial charge in [0.2, 0.25) is 0 Å². The SMILES string of the molecule is CO[C@H](O)[C@H](c1ccccc1Cl)N1CCC(N=O)/C(=C\C(=O)O)C1. The van der Waals surface area contributed by atoms with Crippen LogP contribution >= 0.6 is 11.6 Å². The van der Waals surface area contributed by atoms with E-state index in [1.807, 2.05) is 4.90 Å². The lowest BCUT2D eigenvalue weighted by atomic mass is 9.95. The van der Waals surface area contributed by atoms with E-state index in [0.29, 0.717) is 29.1 Å². The quantitative estimate of drug-likeness (QED) is 0.461. The van der Waals surface area contributed by atoms with Gasteiger partial charge in [-0.05, 0) is 23.6 Å². The normalized spacial score (nSPS) is 23.0. The first kappa shape index (κ1) is 18.5. The van der Waals surface area contributed by atoms with Gasteiger partial charge in [-0.25, -0.2) is 4.79 Å². The summed E-state index contributed by atoms with van der Waals surface area (Å²) in [5.74, 6) is -1.14. The number of aliphatic hydroxyl groups is 1. The van der Waals surface area contributed by atoms with Gasteiger partial charge in [-0.3, -0.25) is 4.90 Å². The van der Waals surface area contributed by atoms with Crippen LogP contribution in [0.15, 0.2) is 41.1 Å². The van der Waals surface area contributed by atoms with Crippen LogP contribution in [0.3, 0.4) is 0 Å². The Morgan fingerprint density at radius 2 is 2.21 bits per heavy atom. The smallest absolute Gasteiger partial charge is 0.328 e. The van der Waals surface area contributed by atoms with Crippen LogP contribution in [0.4, 0.5) is 0 Å². The fourth-order valence-corrected chi connectivity index (χ4v) is 3.17. The van der Waals surface area contributed by atoms with Crippen molar-refractivity contribution in [2.75, 3.05) is 20.2 Å². The summed E-state index contributed by atoms with van der Waals surface area (Å²) in [7, 11) is 1.38. The highest BCUT2D eigenvalue weighted by Crippen LogP contribution is 2.34. The molecule has 1 fully saturated rings. The number of benzene rings is 1. The van der Waals surface area contributed by atoms with Crippen molar-refractivity contribution in [3.63, 3.8) is 0 Å². The first-order valence-electron chi connectivity index (χ1n) is 7.43. The number of aliphatic carboxylic acids is 1. The summed E-state index contributed by atoms with van der Waals surface area (Å²) in [6.07, 6.45) is 0.206. The molecule has 130 valence electrons. The minimum Gasteiger partial charge on any atom is -0.478 e. The molecule has 1 heterocycles. The minimum atomic E-state index is -1.16. The van der Waals surface area contributed by atoms with Crippen molar-refractivity contribution in [2.45, 2.75) is 24.8 Å². The van der Waals surface area contributed by atoms with E-state index < -0.39 is 24.3 Å². The fourth-order valence-electron chi connectivity index (χ4n) is 2.93. The molecule has 1 saturated heterocycles. The number of nitrogens with zero attached hydrogens (tertiary/aromatic N) is 2. The third kappa shape index (κ3) is 4.18. The Kier molecular flexibility index (Phi) is 6.44. The summed E-state index contributed by atoms with van der Waals surface area (Å²) in [5.41, 5.74) is 1.06. The molecule has 1 aromatic rings. The first-order chi connectivity index (χ1) is 11.5. The highest BCUT2D eigenvalue weighted by atomic mass is 35.5. The molecule has 1 aliphatic heterocycles. The van der Waals surface area contributed by atoms with E-state index in [9.17, 15) is 14.8 Å². The summed E-state index contributed by atoms with van der Waals surface area (Å²) in [4.78, 5) is 23.8. The number of carboxylic acids is 1. The summed E-state index contributed by atoms with van der Waals surface area (Å²) >= 11 is 6.25. The average molecular weight is 355 g/mol. The predicted molar refractivity (Wildman–Crippen MR) is 88.7 cm³/mol. The maximum absolute atomic E-state index is 11.0. The van der Waals surface area contributed by atoms with Gasteiger partial charge in [-0.2, -0.15) is 4.91 Å². The molecule has 3 atom stereocenters. The zero-order valence-corrected chi connectivity index (χ0v) is 13.9. The number of nitroso groups, excluding NO2 is 1. The molecular formula is C16H19ClN2O5. The highest BCUT2D eigenvalue weighted by molar-refractivity contribution is 6.31. The van der Waals surface area contributed by atoms with Gasteiger partial charge in [0.25, 0.3) is 0 Å². The van der Waals surface area contributed by atoms with Crippen molar-refractivity contribution in [1.29, 1.82) is 0 Å². The maximum Gasteiger partial charge on any atom is 0.328 e. The van der Waals surface area contributed by atoms with E-state index >= 15 is 0 Å². The second-order valence-electron chi connectivity index (χ2n) is 5.53. The van der Waals surface area contributed by atoms with Crippen LogP contribution in [0.25, 0.3) is 0 Å². The van der Waals surface area contributed by atoms with E-state index in [-0.39, 0.29) is 6.54 Å². The molecule has 0 amide bonds. The summed E-state index contributed by atoms with van der Waals surface area (Å²) in [5, 5.41) is 22.8. The number of methoxy groups -OCH3 is 1. The lowest BCUT2D eigenvalue weighted by Gasteiger charge is -2.39. The lowest BCUT2D eigenvalue weighted by molar-refractivity contribution is -0.131. The molecule has 2 rings (SSSR count). The predicted octanol–water partition coefficient (Wildman–Crippen LogP) is 2.20. The summed E-state index contributed by atoms with van der Waals surface area (Å²) in [6, 6.07) is 5.79. The van der Waals surface area contributed by atoms with Crippen molar-refractivity contribution in [3.8, 4) is 0 Å². The van der Waals surface area contributed by atoms with Gasteiger partial charge in [0.15, 0.2) is 6.29 Å². The van der Waals surface area contributed by atoms with Crippen molar-refractivity contribution < 1.29 is 19.7 Å². The van der Waals surface area contributed by atoms with E-state index in [0.717, 1.165) is 6.08 Å². The van der Waals surface area contributed by atoms with Crippen LogP contribution in [0, 0.1) is 4.91 Å². The Hall–Kier alpha value is -1.80. The standard InChI is InChI=1S/C16H19ClN2O5/c1-24-16(22)15(11-4-2-3-5-12(11)17)19-7-6-13(18-23)10(9-19)8-14(20)21/h2-5,8,13,15-16,22H,6-7,9H2,1H3,(H,20,21)/b10-8-/t13?,15-,16-/m0/s1. The molecule has 24 heavy (non-hydrogen) atoms. The van der Waals surface area contributed by atoms with Crippen molar-refractivity contribution in [3.05, 3.63) is 51.4 Å². The highest BCUT2D eigenvalue weighted by Gasteiger charge is 2.35. The van der Waals surface area contributed by atoms with Crippen molar-refractivity contribution >= 4 is 17.6 Å². The molecule has 0 radical (unpaired) electrons. The Bertz CT molecular complexity index is 637. The minimum absolute atomic E-state index is 0.180. The number of carbonyl (C=O) groups is 1. The van der Waals surface area contributed by atoms with Gasteiger partial charge in [-0.15, -0.1) is 0 Å². The van der Waals surface area contributed by atoms with E-state index in [1.54, 1.807) is 24.3 Å². The molecule has 1 unspecified atom stereocenters. The summed E-state index contributed by atoms with van der Waals surface area (Å²) in [6.45, 7) is 0.628. The van der Waals surface area contributed by atoms with Gasteiger partial charge in [0, 0.05) is 31.3 Å². The summed E-state index contributed by atoms with van der Waals surface area (Å²) < 4.78 is 5.08. The number of aliphatic hydroxyl groups excluding tert-OH is 1. The molecule has 8 heteroatoms. The molecule has 0 bridgehead atoms. The molecule has 1 aliphatic rings. The number of likely N-dealkylation sites (tertiary alicyclic amines) is 1. The van der Waals surface area contributed by atoms with Crippen molar-refractivity contribution in [1.82, 2.24) is 4.90 Å². The monoisotopic (exact) mass is 354 g/mol. The first-order valence-corrected chi connectivity index (χ1v) is 7.81. The number of piperidine rings is 1. The molecule has 2 N–H and O–H groups in total. The van der Waals surface area contributed by atoms with E-state index in [2.05, 4.69) is 5.18 Å². The second kappa shape index (κ2) is 8.34. The zero-order chi connectivity index (χ0) is 17.7. The van der Waals surface area contributed by atoms with Crippen LogP contribution < -0.4 is 0 Å². The average Bonchev–Trinajstić information content (AvgIpc) is 2.56. The van der Waals surface area contributed by atoms with Gasteiger partial charge in [0.05, 0.1) is 6.04 Å². The van der Waals surface area contributed by atoms with Crippen LogP contribution in [0.1, 0.15) is 18.0 Å². The Morgan fingerprint density at radius 3 is 2.79 bits per heavy atom. The molecular weight excluding hydrogens is 336 g/mol. The third-order valence-electron chi connectivity index (χ3n) is 4.07. The van der Waals surface area contributed by atoms with Crippen LogP contribution in [-0.4, -0.2) is 53.6 Å². The van der Waals surface area contributed by atoms with Gasteiger partial charge < -0.3 is 14.9 Å². The van der Waals surface area contributed by atoms with Crippen LogP contribution in [0.5, 0.6) is 0 Å². The molecule has 1 aromatic carbocycles. The molecule has 7 nitrogen and oxygen atoms in total. The largest absolute Gasteiger partial charge is 0.478 e. The third-order valence-corrected chi connectivity index (χ3v) is 4.41. The Balaban J connectivity index is 2.35. The van der Waals surface area contributed by atoms with Crippen LogP contribution in [-0.2, 0) is 9.53 Å². The number of ether oxygens (including phenoxy) is 1. The molecule has 0 spiro atoms. The number of carboxylic acid groups (broad SMARTS) is 1. The molecule has 0 aliphatic carbocycles. The number of hydrogen-bond donors (Lipinski definition) is 2. The van der Waals surface area contributed by atoms with Crippen molar-refractivity contribution in [2.24, 2.45) is 5.18 Å². The Morgan fingerprint density at radius 1 is 1.50 bits per heavy atom. The zero-order valence-electron chi connectivity index (χ0n) is 13.1. The number of halogens is 1.